The van der Waals surface area contributed by atoms with Crippen molar-refractivity contribution in [2.45, 2.75) is 19.8 Å². The zero-order valence-electron chi connectivity index (χ0n) is 18.5. The Morgan fingerprint density at radius 3 is 2.67 bits per heavy atom. The number of carbonyl (C=O) groups is 1. The predicted octanol–water partition coefficient (Wildman–Crippen LogP) is 4.06. The largest absolute Gasteiger partial charge is 0.438 e. The summed E-state index contributed by atoms with van der Waals surface area (Å²) < 4.78 is 5.79. The molecule has 0 saturated carbocycles. The van der Waals surface area contributed by atoms with E-state index in [4.69, 9.17) is 15.3 Å². The van der Waals surface area contributed by atoms with Crippen molar-refractivity contribution in [3.8, 4) is 11.6 Å². The molecule has 8 nitrogen and oxygen atoms in total. The van der Waals surface area contributed by atoms with Crippen LogP contribution in [0.2, 0.25) is 0 Å². The maximum Gasteiger partial charge on any atom is 0.265 e. The van der Waals surface area contributed by atoms with E-state index in [9.17, 15) is 4.79 Å². The lowest BCUT2D eigenvalue weighted by Gasteiger charge is -2.19. The first-order valence-corrected chi connectivity index (χ1v) is 10.9. The van der Waals surface area contributed by atoms with Crippen LogP contribution in [0.15, 0.2) is 72.0 Å². The second-order valence-corrected chi connectivity index (χ2v) is 7.76. The van der Waals surface area contributed by atoms with Gasteiger partial charge in [-0.15, -0.1) is 0 Å². The van der Waals surface area contributed by atoms with Crippen molar-refractivity contribution < 1.29 is 14.4 Å². The fraction of sp³-hybridized carbons (Fsp3) is 0.240. The van der Waals surface area contributed by atoms with E-state index in [1.165, 1.54) is 18.5 Å². The summed E-state index contributed by atoms with van der Waals surface area (Å²) in [5.41, 5.74) is 9.45. The third-order valence-electron chi connectivity index (χ3n) is 5.32. The Kier molecular flexibility index (Phi) is 7.04. The number of aryl methyl sites for hydroxylation is 1. The van der Waals surface area contributed by atoms with Gasteiger partial charge in [0.25, 0.3) is 5.91 Å². The number of nitrogens with zero attached hydrogens (tertiary/aromatic N) is 3. The first-order chi connectivity index (χ1) is 16.1. The predicted molar refractivity (Wildman–Crippen MR) is 129 cm³/mol. The van der Waals surface area contributed by atoms with E-state index < -0.39 is 0 Å². The smallest absolute Gasteiger partial charge is 0.265 e. The lowest BCUT2D eigenvalue weighted by molar-refractivity contribution is -0.120. The first-order valence-electron chi connectivity index (χ1n) is 10.9. The Labute approximate surface area is 193 Å². The second-order valence-electron chi connectivity index (χ2n) is 7.76. The Balaban J connectivity index is 1.34. The third kappa shape index (κ3) is 5.79. The molecule has 1 fully saturated rings. The van der Waals surface area contributed by atoms with E-state index >= 15 is 0 Å². The number of carbonyl (C=O) groups excluding carboxylic acids is 1. The van der Waals surface area contributed by atoms with Gasteiger partial charge in [0.2, 0.25) is 5.88 Å². The van der Waals surface area contributed by atoms with Gasteiger partial charge in [0, 0.05) is 30.7 Å². The molecule has 0 spiro atoms. The van der Waals surface area contributed by atoms with Crippen LogP contribution in [0.1, 0.15) is 24.0 Å². The number of benzene rings is 2. The molecule has 2 heterocycles. The van der Waals surface area contributed by atoms with Gasteiger partial charge in [-0.25, -0.2) is 4.98 Å². The highest BCUT2D eigenvalue weighted by atomic mass is 16.6. The van der Waals surface area contributed by atoms with Crippen LogP contribution < -0.4 is 20.7 Å². The van der Waals surface area contributed by atoms with Crippen molar-refractivity contribution in [2.75, 3.05) is 29.9 Å². The highest BCUT2D eigenvalue weighted by molar-refractivity contribution is 5.99. The number of amides is 1. The fourth-order valence-corrected chi connectivity index (χ4v) is 3.62. The van der Waals surface area contributed by atoms with Crippen LogP contribution in [0.25, 0.3) is 0 Å². The van der Waals surface area contributed by atoms with Crippen molar-refractivity contribution in [2.24, 2.45) is 10.9 Å². The molecule has 170 valence electrons. The van der Waals surface area contributed by atoms with Gasteiger partial charge in [-0.3, -0.25) is 4.79 Å². The molecule has 0 radical (unpaired) electrons. The van der Waals surface area contributed by atoms with Crippen molar-refractivity contribution in [1.29, 1.82) is 0 Å². The minimum absolute atomic E-state index is 0.0629. The summed E-state index contributed by atoms with van der Waals surface area (Å²) >= 11 is 0. The van der Waals surface area contributed by atoms with Gasteiger partial charge in [0.1, 0.15) is 5.75 Å². The van der Waals surface area contributed by atoms with Gasteiger partial charge in [0.05, 0.1) is 5.56 Å². The van der Waals surface area contributed by atoms with Crippen LogP contribution in [0.5, 0.6) is 11.6 Å². The number of anilines is 2. The quantitative estimate of drug-likeness (QED) is 0.308. The Morgan fingerprint density at radius 2 is 1.91 bits per heavy atom. The van der Waals surface area contributed by atoms with Gasteiger partial charge >= 0.3 is 0 Å². The van der Waals surface area contributed by atoms with Crippen LogP contribution in [0.3, 0.4) is 0 Å². The molecular formula is C25H27N5O3. The highest BCUT2D eigenvalue weighted by Gasteiger charge is 2.14. The summed E-state index contributed by atoms with van der Waals surface area (Å²) in [5, 5.41) is 6.73. The average molecular weight is 446 g/mol. The summed E-state index contributed by atoms with van der Waals surface area (Å²) in [5.74, 6) is 0.659. The molecule has 1 aliphatic rings. The Hall–Kier alpha value is -4.07. The van der Waals surface area contributed by atoms with E-state index in [0.717, 1.165) is 24.3 Å². The number of nitrogens with two attached hydrogens (primary N) is 1. The SMILES string of the molecule is Cc1cc(N2CCCC2)ccc1NC(=O)CO/N=C(/N)c1cccnc1Oc1ccccc1. The zero-order chi connectivity index (χ0) is 23.0. The van der Waals surface area contributed by atoms with E-state index in [-0.39, 0.29) is 18.3 Å². The number of oxime groups is 1. The topological polar surface area (TPSA) is 102 Å². The molecule has 1 aromatic heterocycles. The molecule has 33 heavy (non-hydrogen) atoms. The normalized spacial score (nSPS) is 13.6. The number of nitrogens with one attached hydrogen (secondary N) is 1. The molecule has 0 atom stereocenters. The summed E-state index contributed by atoms with van der Waals surface area (Å²) in [6.45, 7) is 3.85. The first kappa shape index (κ1) is 22.1. The summed E-state index contributed by atoms with van der Waals surface area (Å²) in [4.78, 5) is 24.1. The standard InChI is InChI=1S/C25H27N5O3/c1-18-16-19(30-14-5-6-15-30)11-12-22(18)28-23(31)17-32-29-24(26)21-10-7-13-27-25(21)33-20-8-3-2-4-9-20/h2-4,7-13,16H,5-6,14-15,17H2,1H3,(H2,26,29)(H,28,31). The molecule has 4 rings (SSSR count). The Bertz CT molecular complexity index is 1130. The highest BCUT2D eigenvalue weighted by Crippen LogP contribution is 2.26. The molecule has 1 saturated heterocycles. The van der Waals surface area contributed by atoms with Gasteiger partial charge in [0.15, 0.2) is 12.4 Å². The lowest BCUT2D eigenvalue weighted by Crippen LogP contribution is -2.21. The number of ether oxygens (including phenoxy) is 1. The van der Waals surface area contributed by atoms with Crippen LogP contribution in [0.4, 0.5) is 11.4 Å². The van der Waals surface area contributed by atoms with Gasteiger partial charge in [-0.2, -0.15) is 0 Å². The van der Waals surface area contributed by atoms with Crippen molar-refractivity contribution in [3.63, 3.8) is 0 Å². The van der Waals surface area contributed by atoms with Crippen LogP contribution >= 0.6 is 0 Å². The maximum absolute atomic E-state index is 12.3. The number of rotatable bonds is 8. The minimum Gasteiger partial charge on any atom is -0.438 e. The van der Waals surface area contributed by atoms with E-state index in [1.807, 2.05) is 49.4 Å². The molecular weight excluding hydrogens is 418 g/mol. The molecule has 1 amide bonds. The molecule has 0 unspecified atom stereocenters. The second kappa shape index (κ2) is 10.5. The zero-order valence-corrected chi connectivity index (χ0v) is 18.5. The van der Waals surface area contributed by atoms with Crippen molar-refractivity contribution in [3.05, 3.63) is 78.0 Å². The van der Waals surface area contributed by atoms with Crippen LogP contribution in [0, 0.1) is 6.92 Å². The molecule has 2 aromatic carbocycles. The molecule has 3 N–H and O–H groups in total. The molecule has 1 aliphatic heterocycles. The number of amidine groups is 1. The van der Waals surface area contributed by atoms with Crippen LogP contribution in [-0.4, -0.2) is 36.4 Å². The van der Waals surface area contributed by atoms with Crippen LogP contribution in [-0.2, 0) is 9.63 Å². The Morgan fingerprint density at radius 1 is 1.12 bits per heavy atom. The van der Waals surface area contributed by atoms with E-state index in [1.54, 1.807) is 18.3 Å². The van der Waals surface area contributed by atoms with E-state index in [0.29, 0.717) is 17.2 Å². The fourth-order valence-electron chi connectivity index (χ4n) is 3.62. The number of para-hydroxylation sites is 1. The molecule has 0 bridgehead atoms. The molecule has 3 aromatic rings. The van der Waals surface area contributed by atoms with Gasteiger partial charge in [-0.1, -0.05) is 23.4 Å². The number of hydrogen-bond acceptors (Lipinski definition) is 6. The van der Waals surface area contributed by atoms with Crippen molar-refractivity contribution in [1.82, 2.24) is 4.98 Å². The number of pyridine rings is 1. The number of hydrogen-bond donors (Lipinski definition) is 2. The van der Waals surface area contributed by atoms with Crippen molar-refractivity contribution >= 4 is 23.1 Å². The summed E-state index contributed by atoms with van der Waals surface area (Å²) in [7, 11) is 0. The molecule has 8 heteroatoms. The third-order valence-corrected chi connectivity index (χ3v) is 5.32. The monoisotopic (exact) mass is 445 g/mol. The van der Waals surface area contributed by atoms with Gasteiger partial charge in [-0.05, 0) is 67.8 Å². The number of aromatic nitrogens is 1. The van der Waals surface area contributed by atoms with E-state index in [2.05, 4.69) is 26.4 Å². The summed E-state index contributed by atoms with van der Waals surface area (Å²) in [6, 6.07) is 18.7. The minimum atomic E-state index is -0.324. The maximum atomic E-state index is 12.3. The summed E-state index contributed by atoms with van der Waals surface area (Å²) in [6.07, 6.45) is 4.04. The average Bonchev–Trinajstić information content (AvgIpc) is 3.36. The molecule has 0 aliphatic carbocycles. The lowest BCUT2D eigenvalue weighted by atomic mass is 10.1. The van der Waals surface area contributed by atoms with Gasteiger partial charge < -0.3 is 25.5 Å².